The first-order valence-electron chi connectivity index (χ1n) is 7.35. The molecule has 0 amide bonds. The molecule has 1 aromatic carbocycles. The summed E-state index contributed by atoms with van der Waals surface area (Å²) in [6.07, 6.45) is 3.88. The van der Waals surface area contributed by atoms with Crippen LogP contribution in [0.2, 0.25) is 0 Å². The Morgan fingerprint density at radius 3 is 3.00 bits per heavy atom. The van der Waals surface area contributed by atoms with Crippen molar-refractivity contribution in [1.29, 1.82) is 0 Å². The molecule has 0 saturated carbocycles. The quantitative estimate of drug-likeness (QED) is 0.710. The first kappa shape index (κ1) is 14.2. The second kappa shape index (κ2) is 6.35. The monoisotopic (exact) mass is 301 g/mol. The summed E-state index contributed by atoms with van der Waals surface area (Å²) in [7, 11) is 0. The molecule has 3 rings (SSSR count). The van der Waals surface area contributed by atoms with Crippen molar-refractivity contribution in [2.45, 2.75) is 26.3 Å². The lowest BCUT2D eigenvalue weighted by Crippen LogP contribution is -2.21. The smallest absolute Gasteiger partial charge is 0.277 e. The highest BCUT2D eigenvalue weighted by molar-refractivity contribution is 7.99. The lowest BCUT2D eigenvalue weighted by Gasteiger charge is -2.04. The van der Waals surface area contributed by atoms with Gasteiger partial charge in [0.1, 0.15) is 11.0 Å². The molecule has 0 spiro atoms. The second-order valence-corrected chi connectivity index (χ2v) is 6.33. The van der Waals surface area contributed by atoms with Crippen molar-refractivity contribution in [2.24, 2.45) is 0 Å². The van der Waals surface area contributed by atoms with Crippen molar-refractivity contribution in [1.82, 2.24) is 14.5 Å². The van der Waals surface area contributed by atoms with E-state index < -0.39 is 0 Å². The Labute approximate surface area is 127 Å². The average molecular weight is 301 g/mol. The van der Waals surface area contributed by atoms with Gasteiger partial charge in [-0.25, -0.2) is 4.98 Å². The molecule has 0 unspecified atom stereocenters. The number of aromatic nitrogens is 3. The van der Waals surface area contributed by atoms with Crippen molar-refractivity contribution in [3.8, 4) is 0 Å². The SMILES string of the molecule is CCCSCCCn1cnc2c([nH]c3ccccc32)c1=O. The predicted molar refractivity (Wildman–Crippen MR) is 90.1 cm³/mol. The number of H-pyrrole nitrogens is 1. The zero-order valence-electron chi connectivity index (χ0n) is 12.1. The van der Waals surface area contributed by atoms with Crippen LogP contribution in [0.25, 0.3) is 21.9 Å². The maximum absolute atomic E-state index is 12.5. The Kier molecular flexibility index (Phi) is 4.29. The zero-order valence-corrected chi connectivity index (χ0v) is 12.9. The molecule has 0 aliphatic carbocycles. The molecule has 110 valence electrons. The highest BCUT2D eigenvalue weighted by Gasteiger charge is 2.09. The Bertz CT molecular complexity index is 806. The molecule has 2 heterocycles. The third-order valence-electron chi connectivity index (χ3n) is 3.52. The molecule has 0 aliphatic rings. The van der Waals surface area contributed by atoms with E-state index in [-0.39, 0.29) is 5.56 Å². The number of nitrogens with zero attached hydrogens (tertiary/aromatic N) is 2. The number of aryl methyl sites for hydroxylation is 1. The van der Waals surface area contributed by atoms with Crippen molar-refractivity contribution in [3.63, 3.8) is 0 Å². The lowest BCUT2D eigenvalue weighted by molar-refractivity contribution is 0.651. The number of nitrogens with one attached hydrogen (secondary N) is 1. The van der Waals surface area contributed by atoms with Crippen LogP contribution < -0.4 is 5.56 Å². The molecule has 1 N–H and O–H groups in total. The van der Waals surface area contributed by atoms with E-state index in [1.165, 1.54) is 12.2 Å². The van der Waals surface area contributed by atoms with Crippen molar-refractivity contribution < 1.29 is 0 Å². The summed E-state index contributed by atoms with van der Waals surface area (Å²) in [5.41, 5.74) is 2.37. The second-order valence-electron chi connectivity index (χ2n) is 5.10. The van der Waals surface area contributed by atoms with Crippen LogP contribution in [0, 0.1) is 0 Å². The van der Waals surface area contributed by atoms with E-state index >= 15 is 0 Å². The van der Waals surface area contributed by atoms with Gasteiger partial charge in [-0.3, -0.25) is 9.36 Å². The van der Waals surface area contributed by atoms with Crippen molar-refractivity contribution >= 4 is 33.7 Å². The highest BCUT2D eigenvalue weighted by Crippen LogP contribution is 2.20. The molecule has 5 heteroatoms. The first-order valence-corrected chi connectivity index (χ1v) is 8.50. The normalized spacial score (nSPS) is 11.5. The molecule has 4 nitrogen and oxygen atoms in total. The fourth-order valence-corrected chi connectivity index (χ4v) is 3.31. The van der Waals surface area contributed by atoms with Crippen LogP contribution in [0.5, 0.6) is 0 Å². The number of hydrogen-bond donors (Lipinski definition) is 1. The van der Waals surface area contributed by atoms with E-state index in [1.807, 2.05) is 36.0 Å². The van der Waals surface area contributed by atoms with Crippen LogP contribution in [0.3, 0.4) is 0 Å². The van der Waals surface area contributed by atoms with E-state index in [1.54, 1.807) is 10.9 Å². The minimum Gasteiger partial charge on any atom is -0.349 e. The van der Waals surface area contributed by atoms with Gasteiger partial charge in [-0.2, -0.15) is 11.8 Å². The average Bonchev–Trinajstić information content (AvgIpc) is 2.89. The molecule has 0 radical (unpaired) electrons. The molecular weight excluding hydrogens is 282 g/mol. The number of thioether (sulfide) groups is 1. The summed E-state index contributed by atoms with van der Waals surface area (Å²) < 4.78 is 1.71. The molecule has 0 bridgehead atoms. The predicted octanol–water partition coefficient (Wildman–Crippen LogP) is 3.41. The summed E-state index contributed by atoms with van der Waals surface area (Å²) in [5.74, 6) is 2.28. The van der Waals surface area contributed by atoms with Gasteiger partial charge >= 0.3 is 0 Å². The van der Waals surface area contributed by atoms with Crippen LogP contribution in [-0.4, -0.2) is 26.0 Å². The fraction of sp³-hybridized carbons (Fsp3) is 0.375. The van der Waals surface area contributed by atoms with Crippen LogP contribution >= 0.6 is 11.8 Å². The number of para-hydroxylation sites is 1. The minimum atomic E-state index is 0.0247. The van der Waals surface area contributed by atoms with E-state index in [4.69, 9.17) is 0 Å². The van der Waals surface area contributed by atoms with Gasteiger partial charge in [-0.15, -0.1) is 0 Å². The molecular formula is C16H19N3OS. The summed E-state index contributed by atoms with van der Waals surface area (Å²) in [6.45, 7) is 2.92. The maximum atomic E-state index is 12.5. The minimum absolute atomic E-state index is 0.0247. The van der Waals surface area contributed by atoms with Gasteiger partial charge in [-0.1, -0.05) is 25.1 Å². The van der Waals surface area contributed by atoms with Gasteiger partial charge in [0.15, 0.2) is 0 Å². The van der Waals surface area contributed by atoms with Crippen molar-refractivity contribution in [3.05, 3.63) is 40.9 Å². The van der Waals surface area contributed by atoms with Crippen molar-refractivity contribution in [2.75, 3.05) is 11.5 Å². The van der Waals surface area contributed by atoms with Crippen LogP contribution in [0.4, 0.5) is 0 Å². The number of hydrogen-bond acceptors (Lipinski definition) is 3. The Hall–Kier alpha value is -1.75. The zero-order chi connectivity index (χ0) is 14.7. The number of rotatable bonds is 6. The van der Waals surface area contributed by atoms with E-state index in [2.05, 4.69) is 16.9 Å². The molecule has 0 atom stereocenters. The standard InChI is InChI=1S/C16H19N3OS/c1-2-9-21-10-5-8-19-11-17-14-12-6-3-4-7-13(12)18-15(14)16(19)20/h3-4,6-7,11,18H,2,5,8-10H2,1H3. The summed E-state index contributed by atoms with van der Waals surface area (Å²) in [6, 6.07) is 7.89. The number of fused-ring (bicyclic) bond motifs is 3. The number of aromatic amines is 1. The van der Waals surface area contributed by atoms with E-state index in [9.17, 15) is 4.79 Å². The molecule has 21 heavy (non-hydrogen) atoms. The Morgan fingerprint density at radius 2 is 2.14 bits per heavy atom. The lowest BCUT2D eigenvalue weighted by atomic mass is 10.2. The van der Waals surface area contributed by atoms with Crippen LogP contribution in [-0.2, 0) is 6.54 Å². The topological polar surface area (TPSA) is 50.7 Å². The molecule has 0 aliphatic heterocycles. The summed E-state index contributed by atoms with van der Waals surface area (Å²) in [5, 5.41) is 1.01. The number of benzene rings is 1. The summed E-state index contributed by atoms with van der Waals surface area (Å²) in [4.78, 5) is 20.2. The van der Waals surface area contributed by atoms with Gasteiger partial charge in [0.05, 0.1) is 6.33 Å². The largest absolute Gasteiger partial charge is 0.349 e. The molecule has 0 saturated heterocycles. The third-order valence-corrected chi connectivity index (χ3v) is 4.79. The van der Waals surface area contributed by atoms with E-state index in [0.717, 1.165) is 35.1 Å². The van der Waals surface area contributed by atoms with Gasteiger partial charge in [0, 0.05) is 17.4 Å². The van der Waals surface area contributed by atoms with Gasteiger partial charge in [0.2, 0.25) is 0 Å². The Morgan fingerprint density at radius 1 is 1.29 bits per heavy atom. The summed E-state index contributed by atoms with van der Waals surface area (Å²) >= 11 is 1.94. The van der Waals surface area contributed by atoms with Gasteiger partial charge in [-0.05, 0) is 30.4 Å². The van der Waals surface area contributed by atoms with E-state index in [0.29, 0.717) is 5.52 Å². The maximum Gasteiger partial charge on any atom is 0.277 e. The molecule has 3 aromatic rings. The van der Waals surface area contributed by atoms with Crippen LogP contribution in [0.1, 0.15) is 19.8 Å². The highest BCUT2D eigenvalue weighted by atomic mass is 32.2. The first-order chi connectivity index (χ1) is 10.3. The Balaban J connectivity index is 1.86. The molecule has 0 fully saturated rings. The fourth-order valence-electron chi connectivity index (χ4n) is 2.48. The van der Waals surface area contributed by atoms with Crippen LogP contribution in [0.15, 0.2) is 35.4 Å². The van der Waals surface area contributed by atoms with Gasteiger partial charge in [0.25, 0.3) is 5.56 Å². The third kappa shape index (κ3) is 2.83. The molecule has 2 aromatic heterocycles. The van der Waals surface area contributed by atoms with Gasteiger partial charge < -0.3 is 4.98 Å².